The molecule has 1 heterocycles. The topological polar surface area (TPSA) is 81.3 Å². The zero-order valence-corrected chi connectivity index (χ0v) is 13.4. The molecule has 2 aromatic rings. The van der Waals surface area contributed by atoms with E-state index < -0.39 is 0 Å². The predicted molar refractivity (Wildman–Crippen MR) is 88.6 cm³/mol. The van der Waals surface area contributed by atoms with Crippen LogP contribution < -0.4 is 5.48 Å². The van der Waals surface area contributed by atoms with E-state index in [-0.39, 0.29) is 11.6 Å². The lowest BCUT2D eigenvalue weighted by atomic mass is 9.97. The molecule has 0 aliphatic rings. The fourth-order valence-corrected chi connectivity index (χ4v) is 2.71. The van der Waals surface area contributed by atoms with Gasteiger partial charge in [0.15, 0.2) is 5.84 Å². The Labute approximate surface area is 133 Å². The molecule has 0 fully saturated rings. The summed E-state index contributed by atoms with van der Waals surface area (Å²) in [6.07, 6.45) is 1.92. The highest BCUT2D eigenvalue weighted by atomic mass is 35.5. The molecule has 4 N–H and O–H groups in total. The lowest BCUT2D eigenvalue weighted by molar-refractivity contribution is 0.233. The van der Waals surface area contributed by atoms with Gasteiger partial charge in [-0.2, -0.15) is 0 Å². The molecule has 0 saturated carbocycles. The number of aromatic nitrogens is 1. The van der Waals surface area contributed by atoms with Crippen molar-refractivity contribution in [3.05, 3.63) is 46.8 Å². The lowest BCUT2D eigenvalue weighted by Gasteiger charge is -2.09. The first-order valence-electron chi connectivity index (χ1n) is 6.72. The number of hydrogen-bond donors (Lipinski definition) is 4. The minimum absolute atomic E-state index is 0.134. The summed E-state index contributed by atoms with van der Waals surface area (Å²) in [7, 11) is 1.74. The smallest absolute Gasteiger partial charge is 0.167 e. The molecule has 5 nitrogen and oxygen atoms in total. The standard InChI is InChI=1S/C16H18ClN3O2/c1-4-9(2)12-13(10-5-7-11(21)8-6-10)15(17)20(3)14(12)16(18)19-22/h4-8,21-22H,1-3H3,(H2,18,19)/b9-4+. The minimum atomic E-state index is -0.134. The number of aromatic hydroxyl groups is 1. The van der Waals surface area contributed by atoms with E-state index in [1.165, 1.54) is 0 Å². The monoisotopic (exact) mass is 319 g/mol. The number of nitrogens with one attached hydrogen (secondary N) is 2. The predicted octanol–water partition coefficient (Wildman–Crippen LogP) is 3.78. The van der Waals surface area contributed by atoms with Crippen molar-refractivity contribution in [1.82, 2.24) is 10.0 Å². The van der Waals surface area contributed by atoms with Gasteiger partial charge in [-0.25, -0.2) is 0 Å². The molecule has 0 saturated heterocycles. The Kier molecular flexibility index (Phi) is 4.59. The van der Waals surface area contributed by atoms with Crippen LogP contribution in [0, 0.1) is 5.41 Å². The molecule has 1 aromatic heterocycles. The van der Waals surface area contributed by atoms with E-state index >= 15 is 0 Å². The van der Waals surface area contributed by atoms with Gasteiger partial charge in [-0.05, 0) is 37.1 Å². The van der Waals surface area contributed by atoms with Gasteiger partial charge in [0.1, 0.15) is 10.9 Å². The maximum atomic E-state index is 9.46. The van der Waals surface area contributed by atoms with Crippen LogP contribution in [0.1, 0.15) is 25.1 Å². The molecule has 2 rings (SSSR count). The van der Waals surface area contributed by atoms with Gasteiger partial charge in [0.2, 0.25) is 0 Å². The summed E-state index contributed by atoms with van der Waals surface area (Å²) in [5, 5.41) is 27.0. The number of rotatable bonds is 3. The summed E-state index contributed by atoms with van der Waals surface area (Å²) in [4.78, 5) is 0. The summed E-state index contributed by atoms with van der Waals surface area (Å²) >= 11 is 6.46. The molecule has 0 spiro atoms. The molecule has 1 aromatic carbocycles. The second-order valence-electron chi connectivity index (χ2n) is 4.95. The third-order valence-electron chi connectivity index (χ3n) is 3.65. The van der Waals surface area contributed by atoms with Crippen molar-refractivity contribution in [2.45, 2.75) is 13.8 Å². The van der Waals surface area contributed by atoms with E-state index in [0.29, 0.717) is 10.8 Å². The molecule has 6 heteroatoms. The van der Waals surface area contributed by atoms with Crippen molar-refractivity contribution < 1.29 is 10.3 Å². The second kappa shape index (κ2) is 6.25. The van der Waals surface area contributed by atoms with Crippen molar-refractivity contribution in [1.29, 1.82) is 5.41 Å². The average Bonchev–Trinajstić information content (AvgIpc) is 2.79. The molecule has 0 aliphatic heterocycles. The number of nitrogens with zero attached hydrogens (tertiary/aromatic N) is 1. The molecule has 0 atom stereocenters. The van der Waals surface area contributed by atoms with Crippen molar-refractivity contribution in [2.75, 3.05) is 0 Å². The first-order valence-corrected chi connectivity index (χ1v) is 7.10. The fraction of sp³-hybridized carbons (Fsp3) is 0.188. The van der Waals surface area contributed by atoms with E-state index in [9.17, 15) is 5.11 Å². The van der Waals surface area contributed by atoms with Gasteiger partial charge in [-0.15, -0.1) is 0 Å². The van der Waals surface area contributed by atoms with Gasteiger partial charge < -0.3 is 9.67 Å². The summed E-state index contributed by atoms with van der Waals surface area (Å²) in [5.74, 6) is 0.0377. The number of hydrogen-bond acceptors (Lipinski definition) is 3. The molecule has 0 radical (unpaired) electrons. The van der Waals surface area contributed by atoms with Crippen LogP contribution in [0.25, 0.3) is 16.7 Å². The van der Waals surface area contributed by atoms with Crippen molar-refractivity contribution in [3.8, 4) is 16.9 Å². The maximum absolute atomic E-state index is 9.46. The van der Waals surface area contributed by atoms with E-state index in [4.69, 9.17) is 22.2 Å². The number of hydroxylamine groups is 1. The van der Waals surface area contributed by atoms with Crippen molar-refractivity contribution in [2.24, 2.45) is 7.05 Å². The van der Waals surface area contributed by atoms with Gasteiger partial charge in [0.25, 0.3) is 0 Å². The van der Waals surface area contributed by atoms with Crippen LogP contribution in [-0.2, 0) is 7.05 Å². The second-order valence-corrected chi connectivity index (χ2v) is 5.31. The van der Waals surface area contributed by atoms with E-state index in [1.54, 1.807) is 35.9 Å². The summed E-state index contributed by atoms with van der Waals surface area (Å²) in [5.41, 5.74) is 5.66. The van der Waals surface area contributed by atoms with Crippen LogP contribution in [0.5, 0.6) is 5.75 Å². The zero-order valence-electron chi connectivity index (χ0n) is 12.6. The number of phenolic OH excluding ortho intramolecular Hbond substituents is 1. The Bertz CT molecular complexity index is 746. The lowest BCUT2D eigenvalue weighted by Crippen LogP contribution is -2.22. The highest BCUT2D eigenvalue weighted by molar-refractivity contribution is 6.33. The number of benzene rings is 1. The highest BCUT2D eigenvalue weighted by Gasteiger charge is 2.24. The molecular formula is C16H18ClN3O2. The van der Waals surface area contributed by atoms with Gasteiger partial charge >= 0.3 is 0 Å². The van der Waals surface area contributed by atoms with Gasteiger partial charge in [0.05, 0.1) is 5.69 Å². The van der Waals surface area contributed by atoms with Gasteiger partial charge in [-0.1, -0.05) is 29.8 Å². The summed E-state index contributed by atoms with van der Waals surface area (Å²) < 4.78 is 1.65. The van der Waals surface area contributed by atoms with Crippen LogP contribution in [0.15, 0.2) is 30.3 Å². The third-order valence-corrected chi connectivity index (χ3v) is 4.10. The average molecular weight is 320 g/mol. The molecule has 22 heavy (non-hydrogen) atoms. The SMILES string of the molecule is C/C=C(\C)c1c(-c2ccc(O)cc2)c(Cl)n(C)c1C(=N)NO. The molecular weight excluding hydrogens is 302 g/mol. The van der Waals surface area contributed by atoms with Crippen LogP contribution >= 0.6 is 11.6 Å². The van der Waals surface area contributed by atoms with Crippen molar-refractivity contribution >= 4 is 23.0 Å². The molecule has 0 bridgehead atoms. The summed E-state index contributed by atoms with van der Waals surface area (Å²) in [6.45, 7) is 3.82. The Hall–Kier alpha value is -2.24. The van der Waals surface area contributed by atoms with Crippen LogP contribution in [-0.4, -0.2) is 20.7 Å². The summed E-state index contributed by atoms with van der Waals surface area (Å²) in [6, 6.07) is 6.71. The highest BCUT2D eigenvalue weighted by Crippen LogP contribution is 2.39. The molecule has 0 aliphatic carbocycles. The van der Waals surface area contributed by atoms with Gasteiger partial charge in [0, 0.05) is 18.2 Å². The molecule has 116 valence electrons. The number of amidine groups is 1. The molecule has 0 amide bonds. The van der Waals surface area contributed by atoms with E-state index in [0.717, 1.165) is 22.3 Å². The fourth-order valence-electron chi connectivity index (χ4n) is 2.42. The van der Waals surface area contributed by atoms with Crippen molar-refractivity contribution in [3.63, 3.8) is 0 Å². The Morgan fingerprint density at radius 1 is 1.32 bits per heavy atom. The largest absolute Gasteiger partial charge is 0.508 e. The quantitative estimate of drug-likeness (QED) is 0.395. The number of phenols is 1. The number of allylic oxidation sites excluding steroid dienone is 2. The van der Waals surface area contributed by atoms with Gasteiger partial charge in [-0.3, -0.25) is 16.1 Å². The van der Waals surface area contributed by atoms with E-state index in [2.05, 4.69) is 0 Å². The minimum Gasteiger partial charge on any atom is -0.508 e. The Morgan fingerprint density at radius 3 is 2.41 bits per heavy atom. The van der Waals surface area contributed by atoms with Crippen LogP contribution in [0.4, 0.5) is 0 Å². The normalized spacial score (nSPS) is 11.6. The molecule has 0 unspecified atom stereocenters. The number of halogens is 1. The Balaban J connectivity index is 2.83. The first-order chi connectivity index (χ1) is 10.4. The van der Waals surface area contributed by atoms with Crippen LogP contribution in [0.2, 0.25) is 5.15 Å². The third kappa shape index (κ3) is 2.61. The Morgan fingerprint density at radius 2 is 1.91 bits per heavy atom. The zero-order chi connectivity index (χ0) is 16.4. The van der Waals surface area contributed by atoms with Crippen LogP contribution in [0.3, 0.4) is 0 Å². The first kappa shape index (κ1) is 16.1. The van der Waals surface area contributed by atoms with E-state index in [1.807, 2.05) is 25.4 Å². The maximum Gasteiger partial charge on any atom is 0.167 e.